The highest BCUT2D eigenvalue weighted by Gasteiger charge is 2.23. The van der Waals surface area contributed by atoms with E-state index in [2.05, 4.69) is 27.0 Å². The van der Waals surface area contributed by atoms with E-state index in [0.717, 1.165) is 0 Å². The summed E-state index contributed by atoms with van der Waals surface area (Å²) in [6.45, 7) is 3.88. The minimum Gasteiger partial charge on any atom is -0.383 e. The smallest absolute Gasteiger partial charge is 0.257 e. The highest BCUT2D eigenvalue weighted by molar-refractivity contribution is 6.10. The van der Waals surface area contributed by atoms with Crippen molar-refractivity contribution in [1.29, 1.82) is 0 Å². The molecule has 2 aromatic heterocycles. The van der Waals surface area contributed by atoms with Crippen molar-refractivity contribution in [3.8, 4) is 0 Å². The summed E-state index contributed by atoms with van der Waals surface area (Å²) < 4.78 is 14.5. The first-order chi connectivity index (χ1) is 14.1. The summed E-state index contributed by atoms with van der Waals surface area (Å²) in [5.74, 6) is -0.630. The second-order valence-corrected chi connectivity index (χ2v) is 6.25. The first-order valence-electron chi connectivity index (χ1n) is 8.84. The van der Waals surface area contributed by atoms with Crippen molar-refractivity contribution in [2.24, 2.45) is 5.10 Å². The molecule has 7 nitrogen and oxygen atoms in total. The fourth-order valence-electron chi connectivity index (χ4n) is 2.91. The number of nitrogens with zero attached hydrogens (tertiary/aromatic N) is 4. The molecule has 4 aromatic rings. The van der Waals surface area contributed by atoms with Gasteiger partial charge < -0.3 is 11.1 Å². The molecule has 0 spiro atoms. The summed E-state index contributed by atoms with van der Waals surface area (Å²) >= 11 is 0. The Morgan fingerprint density at radius 2 is 1.86 bits per heavy atom. The molecule has 2 aromatic carbocycles. The number of para-hydroxylation sites is 2. The van der Waals surface area contributed by atoms with Crippen molar-refractivity contribution in [1.82, 2.24) is 20.0 Å². The molecule has 1 amide bonds. The molecule has 0 saturated carbocycles. The summed E-state index contributed by atoms with van der Waals surface area (Å²) in [7, 11) is 0. The van der Waals surface area contributed by atoms with Gasteiger partial charge in [0.2, 0.25) is 0 Å². The first kappa shape index (κ1) is 18.3. The second kappa shape index (κ2) is 7.51. The fraction of sp³-hybridized carbons (Fsp3) is 0.0476. The number of carbonyl (C=O) groups excluding carboxylic acids is 1. The lowest BCUT2D eigenvalue weighted by Crippen LogP contribution is -2.24. The molecule has 0 aliphatic rings. The monoisotopic (exact) mass is 388 g/mol. The lowest BCUT2D eigenvalue weighted by atomic mass is 10.2. The summed E-state index contributed by atoms with van der Waals surface area (Å²) in [6.07, 6.45) is 3.08. The summed E-state index contributed by atoms with van der Waals surface area (Å²) in [4.78, 5) is 21.9. The standard InChI is InChI=1S/C21H17FN6O/c1-2-11-24-21(29)17-18-20(27-16-6-4-3-5-15(16)26-18)28(19(17)23)25-12-13-7-9-14(22)10-8-13/h2-10,12H,1,11,23H2,(H,24,29)/b25-12-. The summed E-state index contributed by atoms with van der Waals surface area (Å²) in [6, 6.07) is 13.1. The zero-order valence-corrected chi connectivity index (χ0v) is 15.3. The summed E-state index contributed by atoms with van der Waals surface area (Å²) in [5, 5.41) is 7.08. The van der Waals surface area contributed by atoms with Crippen LogP contribution in [0.1, 0.15) is 15.9 Å². The van der Waals surface area contributed by atoms with E-state index in [9.17, 15) is 9.18 Å². The van der Waals surface area contributed by atoms with Gasteiger partial charge in [-0.05, 0) is 29.8 Å². The normalized spacial score (nSPS) is 11.3. The SMILES string of the molecule is C=CCNC(=O)c1c(N)n(/N=C\c2ccc(F)cc2)c2nc3ccccc3nc12. The number of amides is 1. The van der Waals surface area contributed by atoms with Gasteiger partial charge in [-0.1, -0.05) is 30.3 Å². The number of nitrogens with two attached hydrogens (primary N) is 1. The van der Waals surface area contributed by atoms with Crippen molar-refractivity contribution >= 4 is 40.1 Å². The van der Waals surface area contributed by atoms with Crippen molar-refractivity contribution in [3.05, 3.63) is 78.1 Å². The molecule has 4 rings (SSSR count). The minimum atomic E-state index is -0.396. The van der Waals surface area contributed by atoms with Gasteiger partial charge in [-0.2, -0.15) is 9.78 Å². The topological polar surface area (TPSA) is 98.2 Å². The molecule has 29 heavy (non-hydrogen) atoms. The molecule has 0 bridgehead atoms. The van der Waals surface area contributed by atoms with Crippen LogP contribution < -0.4 is 11.1 Å². The zero-order valence-electron chi connectivity index (χ0n) is 15.3. The van der Waals surface area contributed by atoms with Crippen molar-refractivity contribution < 1.29 is 9.18 Å². The Bertz CT molecular complexity index is 1260. The van der Waals surface area contributed by atoms with E-state index < -0.39 is 5.91 Å². The van der Waals surface area contributed by atoms with Crippen molar-refractivity contribution in [3.63, 3.8) is 0 Å². The third-order valence-corrected chi connectivity index (χ3v) is 4.30. The van der Waals surface area contributed by atoms with Crippen LogP contribution in [-0.4, -0.2) is 33.3 Å². The van der Waals surface area contributed by atoms with Gasteiger partial charge in [0.1, 0.15) is 22.7 Å². The molecule has 0 aliphatic carbocycles. The summed E-state index contributed by atoms with van der Waals surface area (Å²) in [5.41, 5.74) is 9.10. The van der Waals surface area contributed by atoms with Crippen LogP contribution in [0.15, 0.2) is 66.3 Å². The Morgan fingerprint density at radius 1 is 1.17 bits per heavy atom. The maximum absolute atomic E-state index is 13.1. The zero-order chi connectivity index (χ0) is 20.4. The Morgan fingerprint density at radius 3 is 2.55 bits per heavy atom. The predicted octanol–water partition coefficient (Wildman–Crippen LogP) is 3.10. The van der Waals surface area contributed by atoms with E-state index >= 15 is 0 Å². The number of hydrogen-bond acceptors (Lipinski definition) is 5. The number of nitrogen functional groups attached to an aromatic ring is 1. The highest BCUT2D eigenvalue weighted by Crippen LogP contribution is 2.27. The Hall–Kier alpha value is -4.07. The maximum atomic E-state index is 13.1. The Labute approximate surface area is 165 Å². The molecule has 2 heterocycles. The van der Waals surface area contributed by atoms with Crippen molar-refractivity contribution in [2.75, 3.05) is 12.3 Å². The highest BCUT2D eigenvalue weighted by atomic mass is 19.1. The molecule has 0 radical (unpaired) electrons. The molecular formula is C21H17FN6O. The van der Waals surface area contributed by atoms with Crippen LogP contribution in [0.2, 0.25) is 0 Å². The van der Waals surface area contributed by atoms with E-state index in [0.29, 0.717) is 27.8 Å². The molecule has 0 saturated heterocycles. The number of aromatic nitrogens is 3. The second-order valence-electron chi connectivity index (χ2n) is 6.25. The van der Waals surface area contributed by atoms with Gasteiger partial charge in [0.25, 0.3) is 5.91 Å². The number of nitrogens with one attached hydrogen (secondary N) is 1. The van der Waals surface area contributed by atoms with Gasteiger partial charge >= 0.3 is 0 Å². The lowest BCUT2D eigenvalue weighted by Gasteiger charge is -2.02. The van der Waals surface area contributed by atoms with Gasteiger partial charge in [-0.15, -0.1) is 6.58 Å². The van der Waals surface area contributed by atoms with Crippen LogP contribution in [0.25, 0.3) is 22.2 Å². The Kier molecular flexibility index (Phi) is 4.74. The molecule has 3 N–H and O–H groups in total. The van der Waals surface area contributed by atoms with Crippen molar-refractivity contribution in [2.45, 2.75) is 0 Å². The average Bonchev–Trinajstić information content (AvgIpc) is 3.00. The lowest BCUT2D eigenvalue weighted by molar-refractivity contribution is 0.0960. The molecule has 0 fully saturated rings. The first-order valence-corrected chi connectivity index (χ1v) is 8.84. The number of halogens is 1. The van der Waals surface area contributed by atoms with E-state index in [1.165, 1.54) is 23.0 Å². The fourth-order valence-corrected chi connectivity index (χ4v) is 2.91. The molecular weight excluding hydrogens is 371 g/mol. The van der Waals surface area contributed by atoms with Gasteiger partial charge in [0.15, 0.2) is 5.65 Å². The maximum Gasteiger partial charge on any atom is 0.257 e. The number of rotatable bonds is 5. The quantitative estimate of drug-likeness (QED) is 0.405. The predicted molar refractivity (Wildman–Crippen MR) is 111 cm³/mol. The number of anilines is 1. The van der Waals surface area contributed by atoms with Gasteiger partial charge in [-0.3, -0.25) is 4.79 Å². The average molecular weight is 388 g/mol. The van der Waals surface area contributed by atoms with E-state index in [4.69, 9.17) is 5.73 Å². The molecule has 0 unspecified atom stereocenters. The van der Waals surface area contributed by atoms with E-state index in [1.54, 1.807) is 18.2 Å². The number of fused-ring (bicyclic) bond motifs is 2. The van der Waals surface area contributed by atoms with Gasteiger partial charge in [0.05, 0.1) is 17.2 Å². The molecule has 0 atom stereocenters. The van der Waals surface area contributed by atoms with Crippen LogP contribution in [0.5, 0.6) is 0 Å². The van der Waals surface area contributed by atoms with Gasteiger partial charge in [-0.25, -0.2) is 14.4 Å². The largest absolute Gasteiger partial charge is 0.383 e. The van der Waals surface area contributed by atoms with Crippen LogP contribution in [-0.2, 0) is 0 Å². The third kappa shape index (κ3) is 3.43. The van der Waals surface area contributed by atoms with Gasteiger partial charge in [0, 0.05) is 6.54 Å². The molecule has 8 heteroatoms. The van der Waals surface area contributed by atoms with E-state index in [-0.39, 0.29) is 23.7 Å². The van der Waals surface area contributed by atoms with Crippen LogP contribution >= 0.6 is 0 Å². The third-order valence-electron chi connectivity index (χ3n) is 4.30. The number of carbonyl (C=O) groups is 1. The molecule has 0 aliphatic heterocycles. The van der Waals surface area contributed by atoms with Crippen LogP contribution in [0.3, 0.4) is 0 Å². The molecule has 144 valence electrons. The number of benzene rings is 2. The number of hydrogen-bond donors (Lipinski definition) is 2. The Balaban J connectivity index is 1.91. The van der Waals surface area contributed by atoms with E-state index in [1.807, 2.05) is 24.3 Å². The minimum absolute atomic E-state index is 0.107. The van der Waals surface area contributed by atoms with Crippen LogP contribution in [0, 0.1) is 5.82 Å². The van der Waals surface area contributed by atoms with Crippen LogP contribution in [0.4, 0.5) is 10.2 Å².